The molecule has 0 saturated heterocycles. The van der Waals surface area contributed by atoms with Crippen LogP contribution in [0.4, 0.5) is 5.82 Å². The lowest BCUT2D eigenvalue weighted by atomic mass is 9.79. The van der Waals surface area contributed by atoms with E-state index in [1.807, 2.05) is 18.7 Å². The van der Waals surface area contributed by atoms with Crippen molar-refractivity contribution >= 4 is 23.5 Å². The van der Waals surface area contributed by atoms with Crippen molar-refractivity contribution in [3.05, 3.63) is 23.9 Å². The summed E-state index contributed by atoms with van der Waals surface area (Å²) >= 11 is 1.81. The number of pyridine rings is 1. The highest BCUT2D eigenvalue weighted by atomic mass is 32.2. The third kappa shape index (κ3) is 3.89. The molecule has 1 amide bonds. The number of thioether (sulfide) groups is 1. The molecule has 3 N–H and O–H groups in total. The van der Waals surface area contributed by atoms with E-state index < -0.39 is 5.60 Å². The van der Waals surface area contributed by atoms with Gasteiger partial charge in [0.2, 0.25) is 0 Å². The fourth-order valence-electron chi connectivity index (χ4n) is 2.38. The summed E-state index contributed by atoms with van der Waals surface area (Å²) in [6.07, 6.45) is 3.45. The molecule has 1 aliphatic carbocycles. The van der Waals surface area contributed by atoms with Gasteiger partial charge >= 0.3 is 0 Å². The lowest BCUT2D eigenvalue weighted by molar-refractivity contribution is -0.0120. The molecule has 116 valence electrons. The van der Waals surface area contributed by atoms with Gasteiger partial charge in [-0.1, -0.05) is 6.92 Å². The molecular weight excluding hydrogens is 286 g/mol. The van der Waals surface area contributed by atoms with Crippen LogP contribution in [0, 0.1) is 0 Å². The minimum absolute atomic E-state index is 0.117. The van der Waals surface area contributed by atoms with Gasteiger partial charge in [0.05, 0.1) is 11.2 Å². The molecule has 6 heteroatoms. The first-order valence-electron chi connectivity index (χ1n) is 7.41. The van der Waals surface area contributed by atoms with Crippen LogP contribution in [-0.2, 0) is 0 Å². The number of aliphatic hydroxyl groups is 1. The monoisotopic (exact) mass is 309 g/mol. The van der Waals surface area contributed by atoms with E-state index in [9.17, 15) is 9.90 Å². The van der Waals surface area contributed by atoms with Crippen LogP contribution in [0.2, 0.25) is 0 Å². The summed E-state index contributed by atoms with van der Waals surface area (Å²) < 4.78 is 0. The van der Waals surface area contributed by atoms with Gasteiger partial charge in [-0.3, -0.25) is 4.79 Å². The average molecular weight is 309 g/mol. The molecule has 1 aliphatic rings. The number of carbonyl (C=O) groups is 1. The quantitative estimate of drug-likeness (QED) is 0.717. The predicted molar refractivity (Wildman–Crippen MR) is 86.8 cm³/mol. The minimum Gasteiger partial charge on any atom is -0.387 e. The zero-order valence-corrected chi connectivity index (χ0v) is 13.4. The standard InChI is InChI=1S/C15H23N3O2S/c1-3-16-14(19)11-5-6-13(17-9-11)18-10-15(20)8-7-12(15)21-4-2/h5-6,9,12,20H,3-4,7-8,10H2,1-2H3,(H,16,19)(H,17,18). The molecule has 1 aromatic heterocycles. The first-order chi connectivity index (χ1) is 10.1. The number of carbonyl (C=O) groups excluding carboxylic acids is 1. The number of amides is 1. The minimum atomic E-state index is -0.638. The smallest absolute Gasteiger partial charge is 0.252 e. The Morgan fingerprint density at radius 2 is 2.33 bits per heavy atom. The van der Waals surface area contributed by atoms with Crippen LogP contribution in [0.25, 0.3) is 0 Å². The van der Waals surface area contributed by atoms with Gasteiger partial charge in [0.25, 0.3) is 5.91 Å². The van der Waals surface area contributed by atoms with Crippen molar-refractivity contribution in [1.82, 2.24) is 10.3 Å². The second kappa shape index (κ2) is 7.13. The van der Waals surface area contributed by atoms with E-state index in [2.05, 4.69) is 22.5 Å². The molecule has 0 bridgehead atoms. The summed E-state index contributed by atoms with van der Waals surface area (Å²) in [7, 11) is 0. The van der Waals surface area contributed by atoms with Crippen molar-refractivity contribution in [1.29, 1.82) is 0 Å². The van der Waals surface area contributed by atoms with Crippen LogP contribution in [0.15, 0.2) is 18.3 Å². The summed E-state index contributed by atoms with van der Waals surface area (Å²) in [5.41, 5.74) is -0.0928. The maximum atomic E-state index is 11.6. The Morgan fingerprint density at radius 3 is 2.86 bits per heavy atom. The van der Waals surface area contributed by atoms with E-state index in [0.717, 1.165) is 18.6 Å². The second-order valence-electron chi connectivity index (χ2n) is 5.23. The van der Waals surface area contributed by atoms with Crippen LogP contribution in [0.3, 0.4) is 0 Å². The Bertz CT molecular complexity index is 480. The molecule has 1 aromatic rings. The Labute approximate surface area is 129 Å². The molecule has 0 aromatic carbocycles. The number of nitrogens with one attached hydrogen (secondary N) is 2. The second-order valence-corrected chi connectivity index (χ2v) is 6.71. The van der Waals surface area contributed by atoms with Crippen LogP contribution in [0.5, 0.6) is 0 Å². The highest BCUT2D eigenvalue weighted by Crippen LogP contribution is 2.41. The van der Waals surface area contributed by atoms with Crippen molar-refractivity contribution < 1.29 is 9.90 Å². The molecule has 2 unspecified atom stereocenters. The van der Waals surface area contributed by atoms with E-state index in [4.69, 9.17) is 0 Å². The third-order valence-electron chi connectivity index (χ3n) is 3.75. The zero-order chi connectivity index (χ0) is 15.3. The number of hydrogen-bond donors (Lipinski definition) is 3. The van der Waals surface area contributed by atoms with Crippen LogP contribution >= 0.6 is 11.8 Å². The Balaban J connectivity index is 1.88. The van der Waals surface area contributed by atoms with Gasteiger partial charge in [0.1, 0.15) is 5.82 Å². The number of rotatable bonds is 7. The normalized spacial score (nSPS) is 24.2. The van der Waals surface area contributed by atoms with Gasteiger partial charge in [-0.05, 0) is 37.7 Å². The average Bonchev–Trinajstić information content (AvgIpc) is 2.50. The predicted octanol–water partition coefficient (Wildman–Crippen LogP) is 1.89. The Morgan fingerprint density at radius 1 is 1.52 bits per heavy atom. The first kappa shape index (κ1) is 16.1. The SMILES string of the molecule is CCNC(=O)c1ccc(NCC2(O)CCC2SCC)nc1. The maximum absolute atomic E-state index is 11.6. The van der Waals surface area contributed by atoms with E-state index in [1.54, 1.807) is 18.3 Å². The highest BCUT2D eigenvalue weighted by Gasteiger charge is 2.44. The van der Waals surface area contributed by atoms with Crippen molar-refractivity contribution in [2.45, 2.75) is 37.5 Å². The molecule has 0 radical (unpaired) electrons. The summed E-state index contributed by atoms with van der Waals surface area (Å²) in [6.45, 7) is 5.09. The largest absolute Gasteiger partial charge is 0.387 e. The lowest BCUT2D eigenvalue weighted by Crippen LogP contribution is -2.54. The fourth-order valence-corrected chi connectivity index (χ4v) is 3.57. The molecule has 0 spiro atoms. The van der Waals surface area contributed by atoms with Gasteiger partial charge in [-0.15, -0.1) is 0 Å². The molecule has 1 heterocycles. The summed E-state index contributed by atoms with van der Waals surface area (Å²) in [5.74, 6) is 1.59. The molecule has 1 saturated carbocycles. The number of hydrogen-bond acceptors (Lipinski definition) is 5. The number of anilines is 1. The Hall–Kier alpha value is -1.27. The zero-order valence-electron chi connectivity index (χ0n) is 12.6. The lowest BCUT2D eigenvalue weighted by Gasteiger charge is -2.45. The van der Waals surface area contributed by atoms with E-state index >= 15 is 0 Å². The summed E-state index contributed by atoms with van der Waals surface area (Å²) in [4.78, 5) is 15.9. The van der Waals surface area contributed by atoms with Crippen molar-refractivity contribution in [2.75, 3.05) is 24.2 Å². The number of nitrogens with zero attached hydrogens (tertiary/aromatic N) is 1. The van der Waals surface area contributed by atoms with Gasteiger partial charge in [0.15, 0.2) is 0 Å². The van der Waals surface area contributed by atoms with Gasteiger partial charge in [-0.25, -0.2) is 4.98 Å². The van der Waals surface area contributed by atoms with Gasteiger partial charge in [0, 0.05) is 24.5 Å². The molecule has 21 heavy (non-hydrogen) atoms. The van der Waals surface area contributed by atoms with Gasteiger partial charge in [-0.2, -0.15) is 11.8 Å². The molecule has 2 rings (SSSR count). The van der Waals surface area contributed by atoms with E-state index in [1.165, 1.54) is 0 Å². The van der Waals surface area contributed by atoms with Crippen molar-refractivity contribution in [3.63, 3.8) is 0 Å². The molecular formula is C15H23N3O2S. The van der Waals surface area contributed by atoms with E-state index in [0.29, 0.717) is 29.7 Å². The first-order valence-corrected chi connectivity index (χ1v) is 8.46. The van der Waals surface area contributed by atoms with Crippen molar-refractivity contribution in [2.24, 2.45) is 0 Å². The summed E-state index contributed by atoms with van der Waals surface area (Å²) in [6, 6.07) is 3.51. The molecule has 2 atom stereocenters. The highest BCUT2D eigenvalue weighted by molar-refractivity contribution is 8.00. The van der Waals surface area contributed by atoms with Crippen LogP contribution < -0.4 is 10.6 Å². The number of aromatic nitrogens is 1. The van der Waals surface area contributed by atoms with Gasteiger partial charge < -0.3 is 15.7 Å². The molecule has 0 aliphatic heterocycles. The molecule has 5 nitrogen and oxygen atoms in total. The van der Waals surface area contributed by atoms with E-state index in [-0.39, 0.29) is 5.91 Å². The maximum Gasteiger partial charge on any atom is 0.252 e. The van der Waals surface area contributed by atoms with Crippen molar-refractivity contribution in [3.8, 4) is 0 Å². The topological polar surface area (TPSA) is 74.2 Å². The van der Waals surface area contributed by atoms with Crippen LogP contribution in [0.1, 0.15) is 37.0 Å². The fraction of sp³-hybridized carbons (Fsp3) is 0.600. The summed E-state index contributed by atoms with van der Waals surface area (Å²) in [5, 5.41) is 16.7. The Kier molecular flexibility index (Phi) is 5.47. The molecule has 1 fully saturated rings. The third-order valence-corrected chi connectivity index (χ3v) is 5.16. The van der Waals surface area contributed by atoms with Crippen LogP contribution in [-0.4, -0.2) is 45.7 Å².